The Hall–Kier alpha value is -1.49. The van der Waals surface area contributed by atoms with Gasteiger partial charge in [0.15, 0.2) is 0 Å². The minimum Gasteiger partial charge on any atom is -0.347 e. The van der Waals surface area contributed by atoms with E-state index in [0.29, 0.717) is 5.25 Å². The van der Waals surface area contributed by atoms with Gasteiger partial charge in [-0.3, -0.25) is 9.59 Å². The maximum absolute atomic E-state index is 12.0. The molecule has 0 aromatic heterocycles. The highest BCUT2D eigenvalue weighted by molar-refractivity contribution is 7.99. The fraction of sp³-hybridized carbons (Fsp3) is 0.467. The van der Waals surface area contributed by atoms with Crippen molar-refractivity contribution in [1.82, 2.24) is 10.2 Å². The molecule has 4 nitrogen and oxygen atoms in total. The highest BCUT2D eigenvalue weighted by Crippen LogP contribution is 2.34. The Balaban J connectivity index is 1.89. The van der Waals surface area contributed by atoms with Crippen LogP contribution in [0.1, 0.15) is 24.2 Å². The van der Waals surface area contributed by atoms with Gasteiger partial charge in [-0.25, -0.2) is 0 Å². The average Bonchev–Trinajstić information content (AvgIpc) is 2.71. The van der Waals surface area contributed by atoms with E-state index in [1.165, 1.54) is 12.5 Å². The van der Waals surface area contributed by atoms with Gasteiger partial charge in [0, 0.05) is 31.0 Å². The Bertz CT molecular complexity index is 464. The number of nitrogens with one attached hydrogen (secondary N) is 1. The first-order valence-corrected chi connectivity index (χ1v) is 7.90. The lowest BCUT2D eigenvalue weighted by atomic mass is 10.1. The van der Waals surface area contributed by atoms with E-state index >= 15 is 0 Å². The number of benzene rings is 1. The van der Waals surface area contributed by atoms with E-state index in [0.717, 1.165) is 25.3 Å². The first kappa shape index (κ1) is 14.9. The van der Waals surface area contributed by atoms with Gasteiger partial charge in [0.05, 0.1) is 6.54 Å². The summed E-state index contributed by atoms with van der Waals surface area (Å²) in [5.74, 6) is 0.782. The minimum atomic E-state index is -0.162. The van der Waals surface area contributed by atoms with Gasteiger partial charge in [0.2, 0.25) is 11.8 Å². The molecule has 0 spiro atoms. The third-order valence-electron chi connectivity index (χ3n) is 3.35. The number of thioether (sulfide) groups is 1. The maximum atomic E-state index is 12.0. The Morgan fingerprint density at radius 3 is 2.75 bits per heavy atom. The molecule has 1 heterocycles. The molecule has 1 aliphatic heterocycles. The van der Waals surface area contributed by atoms with E-state index < -0.39 is 0 Å². The van der Waals surface area contributed by atoms with Crippen molar-refractivity contribution in [2.45, 2.75) is 18.6 Å². The van der Waals surface area contributed by atoms with Crippen LogP contribution in [0.15, 0.2) is 30.3 Å². The third kappa shape index (κ3) is 4.27. The van der Waals surface area contributed by atoms with Crippen LogP contribution in [0.4, 0.5) is 0 Å². The summed E-state index contributed by atoms with van der Waals surface area (Å²) in [4.78, 5) is 24.7. The topological polar surface area (TPSA) is 49.4 Å². The van der Waals surface area contributed by atoms with Crippen LogP contribution >= 0.6 is 11.8 Å². The summed E-state index contributed by atoms with van der Waals surface area (Å²) in [6.45, 7) is 3.05. The smallest absolute Gasteiger partial charge is 0.241 e. The Kier molecular flexibility index (Phi) is 5.47. The summed E-state index contributed by atoms with van der Waals surface area (Å²) in [5.41, 5.74) is 1.33. The van der Waals surface area contributed by atoms with Crippen molar-refractivity contribution in [1.29, 1.82) is 0 Å². The molecule has 1 aromatic carbocycles. The van der Waals surface area contributed by atoms with Crippen LogP contribution in [-0.4, -0.2) is 42.1 Å². The van der Waals surface area contributed by atoms with E-state index in [9.17, 15) is 9.59 Å². The number of carbonyl (C=O) groups is 2. The monoisotopic (exact) mass is 292 g/mol. The molecule has 0 radical (unpaired) electrons. The molecule has 0 unspecified atom stereocenters. The van der Waals surface area contributed by atoms with Crippen molar-refractivity contribution in [2.75, 3.05) is 25.4 Å². The summed E-state index contributed by atoms with van der Waals surface area (Å²) in [6, 6.07) is 10.4. The fourth-order valence-corrected chi connectivity index (χ4v) is 3.50. The normalized spacial score (nSPS) is 19.2. The van der Waals surface area contributed by atoms with Gasteiger partial charge in [-0.15, -0.1) is 0 Å². The predicted molar refractivity (Wildman–Crippen MR) is 81.5 cm³/mol. The van der Waals surface area contributed by atoms with Crippen molar-refractivity contribution in [3.05, 3.63) is 35.9 Å². The van der Waals surface area contributed by atoms with Gasteiger partial charge in [0.25, 0.3) is 0 Å². The van der Waals surface area contributed by atoms with Crippen molar-refractivity contribution in [3.8, 4) is 0 Å². The van der Waals surface area contributed by atoms with Crippen LogP contribution in [0, 0.1) is 0 Å². The number of nitrogens with zero attached hydrogens (tertiary/aromatic N) is 1. The number of hydrogen-bond acceptors (Lipinski definition) is 3. The Labute approximate surface area is 123 Å². The molecule has 1 N–H and O–H groups in total. The number of amides is 2. The van der Waals surface area contributed by atoms with Gasteiger partial charge in [0.1, 0.15) is 0 Å². The predicted octanol–water partition coefficient (Wildman–Crippen LogP) is 1.83. The van der Waals surface area contributed by atoms with Crippen LogP contribution in [0.5, 0.6) is 0 Å². The quantitative estimate of drug-likeness (QED) is 0.924. The lowest BCUT2D eigenvalue weighted by molar-refractivity contribution is -0.132. The van der Waals surface area contributed by atoms with Gasteiger partial charge >= 0.3 is 0 Å². The number of carbonyl (C=O) groups excluding carboxylic acids is 2. The van der Waals surface area contributed by atoms with E-state index in [2.05, 4.69) is 29.6 Å². The van der Waals surface area contributed by atoms with Crippen molar-refractivity contribution < 1.29 is 9.59 Å². The molecule has 1 fully saturated rings. The lowest BCUT2D eigenvalue weighted by Gasteiger charge is -2.20. The second kappa shape index (κ2) is 7.33. The summed E-state index contributed by atoms with van der Waals surface area (Å²) in [5, 5.41) is 3.02. The highest BCUT2D eigenvalue weighted by atomic mass is 32.2. The van der Waals surface area contributed by atoms with Gasteiger partial charge < -0.3 is 10.2 Å². The molecule has 2 rings (SSSR count). The Morgan fingerprint density at radius 2 is 2.05 bits per heavy atom. The van der Waals surface area contributed by atoms with Gasteiger partial charge in [-0.1, -0.05) is 30.3 Å². The molecule has 0 saturated carbocycles. The fourth-order valence-electron chi connectivity index (χ4n) is 2.27. The lowest BCUT2D eigenvalue weighted by Crippen LogP contribution is -2.40. The van der Waals surface area contributed by atoms with Crippen molar-refractivity contribution in [2.24, 2.45) is 0 Å². The molecular formula is C15H20N2O2S. The zero-order valence-corrected chi connectivity index (χ0v) is 12.5. The molecule has 0 aliphatic carbocycles. The SMILES string of the molecule is CC(=O)NCC(=O)N1CCS[C@@H](c2ccccc2)CC1. The van der Waals surface area contributed by atoms with E-state index in [4.69, 9.17) is 0 Å². The summed E-state index contributed by atoms with van der Waals surface area (Å²) >= 11 is 1.90. The van der Waals surface area contributed by atoms with E-state index in [1.807, 2.05) is 22.7 Å². The molecular weight excluding hydrogens is 272 g/mol. The first-order chi connectivity index (χ1) is 9.66. The molecule has 1 saturated heterocycles. The standard InChI is InChI=1S/C15H20N2O2S/c1-12(18)16-11-15(19)17-8-7-14(20-10-9-17)13-5-3-2-4-6-13/h2-6,14H,7-11H2,1H3,(H,16,18)/t14-/m1/s1. The van der Waals surface area contributed by atoms with Gasteiger partial charge in [-0.2, -0.15) is 11.8 Å². The molecule has 1 atom stereocenters. The molecule has 5 heteroatoms. The zero-order chi connectivity index (χ0) is 14.4. The van der Waals surface area contributed by atoms with E-state index in [1.54, 1.807) is 0 Å². The average molecular weight is 292 g/mol. The highest BCUT2D eigenvalue weighted by Gasteiger charge is 2.21. The maximum Gasteiger partial charge on any atom is 0.241 e. The third-order valence-corrected chi connectivity index (χ3v) is 4.68. The number of rotatable bonds is 3. The minimum absolute atomic E-state index is 0.00881. The molecule has 108 valence electrons. The van der Waals surface area contributed by atoms with Crippen LogP contribution in [0.3, 0.4) is 0 Å². The van der Waals surface area contributed by atoms with Crippen LogP contribution in [0.25, 0.3) is 0 Å². The second-order valence-corrected chi connectivity index (χ2v) is 6.16. The molecule has 0 bridgehead atoms. The van der Waals surface area contributed by atoms with E-state index in [-0.39, 0.29) is 18.4 Å². The van der Waals surface area contributed by atoms with Crippen molar-refractivity contribution >= 4 is 23.6 Å². The zero-order valence-electron chi connectivity index (χ0n) is 11.7. The molecule has 2 amide bonds. The summed E-state index contributed by atoms with van der Waals surface area (Å²) in [7, 11) is 0. The summed E-state index contributed by atoms with van der Waals surface area (Å²) in [6.07, 6.45) is 0.959. The van der Waals surface area contributed by atoms with Crippen LogP contribution < -0.4 is 5.32 Å². The van der Waals surface area contributed by atoms with Crippen LogP contribution in [0.2, 0.25) is 0 Å². The number of hydrogen-bond donors (Lipinski definition) is 1. The first-order valence-electron chi connectivity index (χ1n) is 6.85. The Morgan fingerprint density at radius 1 is 1.30 bits per heavy atom. The van der Waals surface area contributed by atoms with Crippen LogP contribution in [-0.2, 0) is 9.59 Å². The largest absolute Gasteiger partial charge is 0.347 e. The molecule has 20 heavy (non-hydrogen) atoms. The van der Waals surface area contributed by atoms with Crippen molar-refractivity contribution in [3.63, 3.8) is 0 Å². The second-order valence-electron chi connectivity index (χ2n) is 4.85. The van der Waals surface area contributed by atoms with Gasteiger partial charge in [-0.05, 0) is 12.0 Å². The molecule has 1 aliphatic rings. The molecule has 1 aromatic rings. The summed E-state index contributed by atoms with van der Waals surface area (Å²) < 4.78 is 0.